The van der Waals surface area contributed by atoms with Crippen LogP contribution in [0.4, 0.5) is 5.82 Å². The van der Waals surface area contributed by atoms with Gasteiger partial charge in [0, 0.05) is 31.4 Å². The van der Waals surface area contributed by atoms with Crippen LogP contribution in [-0.4, -0.2) is 36.7 Å². The maximum absolute atomic E-state index is 11.6. The summed E-state index contributed by atoms with van der Waals surface area (Å²) in [6.07, 6.45) is 5.33. The molecule has 0 bridgehead atoms. The van der Waals surface area contributed by atoms with Crippen molar-refractivity contribution < 1.29 is 9.53 Å². The van der Waals surface area contributed by atoms with Gasteiger partial charge < -0.3 is 15.0 Å². The van der Waals surface area contributed by atoms with E-state index in [9.17, 15) is 4.79 Å². The minimum atomic E-state index is -0.227. The van der Waals surface area contributed by atoms with Gasteiger partial charge in [-0.3, -0.25) is 4.79 Å². The highest BCUT2D eigenvalue weighted by molar-refractivity contribution is 5.82. The first-order valence-corrected chi connectivity index (χ1v) is 6.93. The van der Waals surface area contributed by atoms with Crippen molar-refractivity contribution in [1.29, 1.82) is 0 Å². The fourth-order valence-electron chi connectivity index (χ4n) is 2.45. The van der Waals surface area contributed by atoms with Gasteiger partial charge in [-0.1, -0.05) is 6.07 Å². The number of amides is 1. The van der Waals surface area contributed by atoms with Crippen LogP contribution >= 0.6 is 0 Å². The highest BCUT2D eigenvalue weighted by atomic mass is 16.6. The number of rotatable bonds is 4. The van der Waals surface area contributed by atoms with Crippen LogP contribution in [-0.2, 0) is 16.1 Å². The molecule has 1 amide bonds. The summed E-state index contributed by atoms with van der Waals surface area (Å²) >= 11 is 0. The van der Waals surface area contributed by atoms with Crippen LogP contribution in [0.5, 0.6) is 0 Å². The molecule has 19 heavy (non-hydrogen) atoms. The van der Waals surface area contributed by atoms with E-state index in [1.54, 1.807) is 0 Å². The maximum Gasteiger partial charge on any atom is 0.251 e. The Labute approximate surface area is 113 Å². The van der Waals surface area contributed by atoms with E-state index < -0.39 is 0 Å². The van der Waals surface area contributed by atoms with Crippen molar-refractivity contribution in [1.82, 2.24) is 10.3 Å². The van der Waals surface area contributed by atoms with E-state index in [2.05, 4.69) is 15.2 Å². The maximum atomic E-state index is 11.6. The summed E-state index contributed by atoms with van der Waals surface area (Å²) in [6.45, 7) is 3.20. The Bertz CT molecular complexity index is 454. The van der Waals surface area contributed by atoms with Crippen LogP contribution < -0.4 is 10.2 Å². The Morgan fingerprint density at radius 3 is 2.95 bits per heavy atom. The summed E-state index contributed by atoms with van der Waals surface area (Å²) in [5, 5.41) is 2.91. The second-order valence-corrected chi connectivity index (χ2v) is 5.07. The third-order valence-electron chi connectivity index (χ3n) is 3.60. The average Bonchev–Trinajstić information content (AvgIpc) is 3.31. The van der Waals surface area contributed by atoms with E-state index in [-0.39, 0.29) is 12.0 Å². The molecule has 1 aromatic rings. The largest absolute Gasteiger partial charge is 0.363 e. The Hall–Kier alpha value is -1.62. The van der Waals surface area contributed by atoms with Gasteiger partial charge >= 0.3 is 0 Å². The number of nitrogens with zero attached hydrogens (tertiary/aromatic N) is 2. The van der Waals surface area contributed by atoms with Crippen LogP contribution in [0.3, 0.4) is 0 Å². The van der Waals surface area contributed by atoms with Crippen molar-refractivity contribution in [3.8, 4) is 0 Å². The SMILES string of the molecule is O=C(NCc1cccnc1N1CCCCC1)C1CO1. The van der Waals surface area contributed by atoms with Crippen molar-refractivity contribution in [2.75, 3.05) is 24.6 Å². The van der Waals surface area contributed by atoms with E-state index in [1.807, 2.05) is 18.3 Å². The van der Waals surface area contributed by atoms with Gasteiger partial charge in [0.2, 0.25) is 0 Å². The molecule has 1 N–H and O–H groups in total. The molecule has 5 nitrogen and oxygen atoms in total. The molecule has 2 aliphatic rings. The highest BCUT2D eigenvalue weighted by Crippen LogP contribution is 2.21. The Morgan fingerprint density at radius 2 is 2.21 bits per heavy atom. The fraction of sp³-hybridized carbons (Fsp3) is 0.571. The van der Waals surface area contributed by atoms with Crippen LogP contribution in [0.25, 0.3) is 0 Å². The van der Waals surface area contributed by atoms with E-state index in [0.29, 0.717) is 13.2 Å². The molecule has 0 aliphatic carbocycles. The number of epoxide rings is 1. The van der Waals surface area contributed by atoms with E-state index in [4.69, 9.17) is 4.74 Å². The van der Waals surface area contributed by atoms with Gasteiger partial charge in [-0.2, -0.15) is 0 Å². The molecule has 1 unspecified atom stereocenters. The van der Waals surface area contributed by atoms with Gasteiger partial charge in [0.1, 0.15) is 5.82 Å². The summed E-state index contributed by atoms with van der Waals surface area (Å²) in [6, 6.07) is 3.95. The average molecular weight is 261 g/mol. The minimum absolute atomic E-state index is 0.0200. The summed E-state index contributed by atoms with van der Waals surface area (Å²) in [4.78, 5) is 18.4. The zero-order valence-electron chi connectivity index (χ0n) is 11.0. The minimum Gasteiger partial charge on any atom is -0.363 e. The molecule has 2 saturated heterocycles. The van der Waals surface area contributed by atoms with Gasteiger partial charge in [0.05, 0.1) is 6.61 Å². The molecule has 0 radical (unpaired) electrons. The lowest BCUT2D eigenvalue weighted by atomic mass is 10.1. The molecule has 2 aliphatic heterocycles. The molecule has 5 heteroatoms. The number of hydrogen-bond donors (Lipinski definition) is 1. The summed E-state index contributed by atoms with van der Waals surface area (Å²) in [7, 11) is 0. The number of nitrogens with one attached hydrogen (secondary N) is 1. The van der Waals surface area contributed by atoms with Crippen LogP contribution in [0, 0.1) is 0 Å². The van der Waals surface area contributed by atoms with Gasteiger partial charge in [0.15, 0.2) is 6.10 Å². The molecule has 3 rings (SSSR count). The highest BCUT2D eigenvalue weighted by Gasteiger charge is 2.31. The van der Waals surface area contributed by atoms with Crippen molar-refractivity contribution in [2.24, 2.45) is 0 Å². The molecule has 0 aromatic carbocycles. The fourth-order valence-corrected chi connectivity index (χ4v) is 2.45. The number of anilines is 1. The molecule has 3 heterocycles. The van der Waals surface area contributed by atoms with Crippen LogP contribution in [0.1, 0.15) is 24.8 Å². The van der Waals surface area contributed by atoms with Crippen LogP contribution in [0.15, 0.2) is 18.3 Å². The number of carbonyl (C=O) groups is 1. The van der Waals surface area contributed by atoms with Gasteiger partial charge in [0.25, 0.3) is 5.91 Å². The normalized spacial score (nSPS) is 22.1. The van der Waals surface area contributed by atoms with Gasteiger partial charge in [-0.05, 0) is 25.3 Å². The third-order valence-corrected chi connectivity index (χ3v) is 3.60. The molecule has 1 atom stereocenters. The molecule has 102 valence electrons. The quantitative estimate of drug-likeness (QED) is 0.824. The number of piperidine rings is 1. The number of ether oxygens (including phenoxy) is 1. The lowest BCUT2D eigenvalue weighted by Gasteiger charge is -2.29. The first kappa shape index (κ1) is 12.4. The molecule has 1 aromatic heterocycles. The van der Waals surface area contributed by atoms with Crippen molar-refractivity contribution in [3.05, 3.63) is 23.9 Å². The lowest BCUT2D eigenvalue weighted by molar-refractivity contribution is -0.122. The molecule has 0 saturated carbocycles. The van der Waals surface area contributed by atoms with Crippen LogP contribution in [0.2, 0.25) is 0 Å². The van der Waals surface area contributed by atoms with Crippen molar-refractivity contribution in [2.45, 2.75) is 31.9 Å². The predicted octanol–water partition coefficient (Wildman–Crippen LogP) is 1.09. The lowest BCUT2D eigenvalue weighted by Crippen LogP contribution is -2.33. The van der Waals surface area contributed by atoms with Crippen molar-refractivity contribution in [3.63, 3.8) is 0 Å². The smallest absolute Gasteiger partial charge is 0.251 e. The number of aromatic nitrogens is 1. The van der Waals surface area contributed by atoms with Crippen molar-refractivity contribution >= 4 is 11.7 Å². The Morgan fingerprint density at radius 1 is 1.42 bits per heavy atom. The summed E-state index contributed by atoms with van der Waals surface area (Å²) < 4.78 is 4.97. The molecular formula is C14H19N3O2. The number of carbonyl (C=O) groups excluding carboxylic acids is 1. The number of pyridine rings is 1. The second-order valence-electron chi connectivity index (χ2n) is 5.07. The molecular weight excluding hydrogens is 242 g/mol. The van der Waals surface area contributed by atoms with Gasteiger partial charge in [-0.15, -0.1) is 0 Å². The summed E-state index contributed by atoms with van der Waals surface area (Å²) in [5.41, 5.74) is 1.08. The molecule has 2 fully saturated rings. The molecule has 0 spiro atoms. The zero-order valence-corrected chi connectivity index (χ0v) is 11.0. The topological polar surface area (TPSA) is 57.8 Å². The Kier molecular flexibility index (Phi) is 3.64. The zero-order chi connectivity index (χ0) is 13.1. The second kappa shape index (κ2) is 5.57. The number of hydrogen-bond acceptors (Lipinski definition) is 4. The van der Waals surface area contributed by atoms with E-state index in [1.165, 1.54) is 19.3 Å². The third kappa shape index (κ3) is 3.04. The summed E-state index contributed by atoms with van der Waals surface area (Å²) in [5.74, 6) is 0.993. The Balaban J connectivity index is 1.67. The van der Waals surface area contributed by atoms with E-state index in [0.717, 1.165) is 24.5 Å². The van der Waals surface area contributed by atoms with E-state index >= 15 is 0 Å². The monoisotopic (exact) mass is 261 g/mol. The standard InChI is InChI=1S/C14H19N3O2/c18-14(12-10-19-12)16-9-11-5-4-6-15-13(11)17-7-2-1-3-8-17/h4-6,12H,1-3,7-10H2,(H,16,18). The first-order valence-electron chi connectivity index (χ1n) is 6.93. The first-order chi connectivity index (χ1) is 9.34. The predicted molar refractivity (Wildman–Crippen MR) is 71.9 cm³/mol. The van der Waals surface area contributed by atoms with Gasteiger partial charge in [-0.25, -0.2) is 4.98 Å².